The van der Waals surface area contributed by atoms with Crippen molar-refractivity contribution in [2.75, 3.05) is 19.8 Å². The summed E-state index contributed by atoms with van der Waals surface area (Å²) in [5.74, 6) is -0.160. The van der Waals surface area contributed by atoms with Gasteiger partial charge in [0.1, 0.15) is 24.4 Å². The fraction of sp³-hybridized carbons (Fsp3) is 0.927. The van der Waals surface area contributed by atoms with Crippen LogP contribution >= 0.6 is 0 Å². The molecule has 1 saturated heterocycles. The first-order chi connectivity index (χ1) is 45.7. The number of aliphatic hydroxyl groups excluding tert-OH is 5. The molecule has 0 radical (unpaired) electrons. The monoisotopic (exact) mass is 1320 g/mol. The fourth-order valence-corrected chi connectivity index (χ4v) is 13.4. The van der Waals surface area contributed by atoms with Crippen molar-refractivity contribution in [3.05, 3.63) is 24.3 Å². The molecule has 1 rings (SSSR count). The second kappa shape index (κ2) is 71.4. The Hall–Kier alpha value is -1.86. The number of carbonyl (C=O) groups is 2. The van der Waals surface area contributed by atoms with Gasteiger partial charge in [0, 0.05) is 12.8 Å². The van der Waals surface area contributed by atoms with Gasteiger partial charge in [-0.1, -0.05) is 378 Å². The molecule has 0 aromatic heterocycles. The highest BCUT2D eigenvalue weighted by Gasteiger charge is 2.44. The number of aliphatic hydroxyl groups is 5. The van der Waals surface area contributed by atoms with Crippen LogP contribution in [0, 0.1) is 0 Å². The number of carbonyl (C=O) groups excluding carboxylic acids is 2. The van der Waals surface area contributed by atoms with Crippen LogP contribution < -0.4 is 5.32 Å². The van der Waals surface area contributed by atoms with Crippen molar-refractivity contribution in [2.24, 2.45) is 0 Å². The molecular weight excluding hydrogens is 1160 g/mol. The topological polar surface area (TPSA) is 175 Å². The van der Waals surface area contributed by atoms with Crippen LogP contribution in [-0.2, 0) is 23.8 Å². The molecule has 0 aromatic rings. The van der Waals surface area contributed by atoms with Gasteiger partial charge in [0.2, 0.25) is 5.91 Å². The van der Waals surface area contributed by atoms with Crippen molar-refractivity contribution >= 4 is 11.9 Å². The lowest BCUT2D eigenvalue weighted by molar-refractivity contribution is -0.302. The van der Waals surface area contributed by atoms with Crippen LogP contribution in [0.1, 0.15) is 425 Å². The number of esters is 1. The Morgan fingerprint density at radius 1 is 0.387 bits per heavy atom. The zero-order chi connectivity index (χ0) is 67.2. The third-order valence-corrected chi connectivity index (χ3v) is 19.8. The molecule has 11 nitrogen and oxygen atoms in total. The number of amides is 1. The highest BCUT2D eigenvalue weighted by atomic mass is 16.7. The van der Waals surface area contributed by atoms with E-state index in [9.17, 15) is 35.1 Å². The number of ether oxygens (including phenoxy) is 3. The van der Waals surface area contributed by atoms with Gasteiger partial charge in [-0.2, -0.15) is 0 Å². The highest BCUT2D eigenvalue weighted by molar-refractivity contribution is 5.76. The van der Waals surface area contributed by atoms with Gasteiger partial charge in [-0.15, -0.1) is 0 Å². The molecule has 93 heavy (non-hydrogen) atoms. The van der Waals surface area contributed by atoms with Gasteiger partial charge in [-0.3, -0.25) is 9.59 Å². The van der Waals surface area contributed by atoms with E-state index in [1.54, 1.807) is 6.08 Å². The van der Waals surface area contributed by atoms with E-state index in [2.05, 4.69) is 31.3 Å². The summed E-state index contributed by atoms with van der Waals surface area (Å²) in [5.41, 5.74) is 0. The number of allylic oxidation sites excluding steroid dienone is 3. The lowest BCUT2D eigenvalue weighted by atomic mass is 9.99. The number of hydrogen-bond donors (Lipinski definition) is 6. The largest absolute Gasteiger partial charge is 0.466 e. The van der Waals surface area contributed by atoms with Crippen LogP contribution in [0.4, 0.5) is 0 Å². The molecule has 550 valence electrons. The first kappa shape index (κ1) is 89.2. The van der Waals surface area contributed by atoms with Crippen molar-refractivity contribution in [3.8, 4) is 0 Å². The molecular formula is C82H157NO10. The molecule has 1 aliphatic rings. The molecule has 7 unspecified atom stereocenters. The average molecular weight is 1320 g/mol. The van der Waals surface area contributed by atoms with E-state index >= 15 is 0 Å². The average Bonchev–Trinajstić information content (AvgIpc) is 0.935. The molecule has 1 fully saturated rings. The maximum atomic E-state index is 13.0. The van der Waals surface area contributed by atoms with Gasteiger partial charge in [0.15, 0.2) is 6.29 Å². The second-order valence-electron chi connectivity index (χ2n) is 28.8. The van der Waals surface area contributed by atoms with Gasteiger partial charge >= 0.3 is 5.97 Å². The minimum absolute atomic E-state index is 0.0152. The summed E-state index contributed by atoms with van der Waals surface area (Å²) in [4.78, 5) is 25.2. The van der Waals surface area contributed by atoms with Gasteiger partial charge in [0.25, 0.3) is 0 Å². The highest BCUT2D eigenvalue weighted by Crippen LogP contribution is 2.24. The zero-order valence-corrected chi connectivity index (χ0v) is 61.5. The Bertz CT molecular complexity index is 1590. The van der Waals surface area contributed by atoms with E-state index in [1.165, 1.54) is 340 Å². The Labute approximate surface area is 575 Å². The summed E-state index contributed by atoms with van der Waals surface area (Å²) in [6.45, 7) is 4.38. The van der Waals surface area contributed by atoms with Crippen LogP contribution in [0.5, 0.6) is 0 Å². The summed E-state index contributed by atoms with van der Waals surface area (Å²) in [5, 5.41) is 54.4. The maximum absolute atomic E-state index is 13.0. The predicted molar refractivity (Wildman–Crippen MR) is 394 cm³/mol. The predicted octanol–water partition coefficient (Wildman–Crippen LogP) is 22.3. The van der Waals surface area contributed by atoms with E-state index < -0.39 is 49.5 Å². The Morgan fingerprint density at radius 2 is 0.688 bits per heavy atom. The number of unbranched alkanes of at least 4 members (excludes halogenated alkanes) is 58. The summed E-state index contributed by atoms with van der Waals surface area (Å²) in [6.07, 6.45) is 82.4. The second-order valence-corrected chi connectivity index (χ2v) is 28.8. The number of rotatable bonds is 74. The Kier molecular flexibility index (Phi) is 68.5. The lowest BCUT2D eigenvalue weighted by Crippen LogP contribution is -2.60. The Balaban J connectivity index is 1.83. The van der Waals surface area contributed by atoms with Crippen LogP contribution in [0.3, 0.4) is 0 Å². The first-order valence-electron chi connectivity index (χ1n) is 41.1. The van der Waals surface area contributed by atoms with Crippen LogP contribution in [-0.4, -0.2) is 100 Å². The molecule has 0 saturated carbocycles. The van der Waals surface area contributed by atoms with Gasteiger partial charge < -0.3 is 45.1 Å². The molecule has 11 heteroatoms. The first-order valence-corrected chi connectivity index (χ1v) is 41.1. The van der Waals surface area contributed by atoms with Crippen LogP contribution in [0.15, 0.2) is 24.3 Å². The molecule has 0 aromatic carbocycles. The van der Waals surface area contributed by atoms with Crippen molar-refractivity contribution in [1.82, 2.24) is 5.32 Å². The maximum Gasteiger partial charge on any atom is 0.305 e. The molecule has 0 aliphatic carbocycles. The van der Waals surface area contributed by atoms with E-state index in [-0.39, 0.29) is 18.5 Å². The molecule has 0 spiro atoms. The van der Waals surface area contributed by atoms with Crippen molar-refractivity contribution in [2.45, 2.75) is 468 Å². The molecule has 0 bridgehead atoms. The molecule has 7 atom stereocenters. The summed E-state index contributed by atoms with van der Waals surface area (Å²) >= 11 is 0. The van der Waals surface area contributed by atoms with E-state index in [0.717, 1.165) is 57.8 Å². The van der Waals surface area contributed by atoms with Gasteiger partial charge in [-0.05, 0) is 57.8 Å². The summed E-state index contributed by atoms with van der Waals surface area (Å²) in [6, 6.07) is -0.804. The summed E-state index contributed by atoms with van der Waals surface area (Å²) in [7, 11) is 0. The smallest absolute Gasteiger partial charge is 0.305 e. The third kappa shape index (κ3) is 59.9. The van der Waals surface area contributed by atoms with Crippen molar-refractivity contribution in [1.29, 1.82) is 0 Å². The molecule has 1 heterocycles. The molecule has 6 N–H and O–H groups in total. The quantitative estimate of drug-likeness (QED) is 0.0195. The number of hydrogen-bond acceptors (Lipinski definition) is 10. The lowest BCUT2D eigenvalue weighted by Gasteiger charge is -2.40. The van der Waals surface area contributed by atoms with Gasteiger partial charge in [-0.25, -0.2) is 0 Å². The zero-order valence-electron chi connectivity index (χ0n) is 61.5. The van der Waals surface area contributed by atoms with Crippen molar-refractivity contribution < 1.29 is 49.3 Å². The SMILES string of the molecule is CCCCCCCCC/C=C\CCCCCCCCCC(=O)OCCCCCCCCCCCCCCCCCCCCCCCCCCCCCCCCCCCCCCCC(=O)NC(COC1OC(CO)C(O)C(O)C1O)C(O)/C=C/CCCCCCCCCC. The van der Waals surface area contributed by atoms with E-state index in [4.69, 9.17) is 14.2 Å². The molecule has 1 amide bonds. The number of nitrogens with one attached hydrogen (secondary N) is 1. The van der Waals surface area contributed by atoms with Crippen LogP contribution in [0.25, 0.3) is 0 Å². The van der Waals surface area contributed by atoms with Crippen LogP contribution in [0.2, 0.25) is 0 Å². The normalized spacial score (nSPS) is 17.5. The Morgan fingerprint density at radius 3 is 1.03 bits per heavy atom. The van der Waals surface area contributed by atoms with E-state index in [0.29, 0.717) is 19.4 Å². The third-order valence-electron chi connectivity index (χ3n) is 19.8. The summed E-state index contributed by atoms with van der Waals surface area (Å²) < 4.78 is 16.8. The van der Waals surface area contributed by atoms with Gasteiger partial charge in [0.05, 0.1) is 32.0 Å². The molecule has 1 aliphatic heterocycles. The fourth-order valence-electron chi connectivity index (χ4n) is 13.4. The van der Waals surface area contributed by atoms with E-state index in [1.807, 2.05) is 6.08 Å². The minimum Gasteiger partial charge on any atom is -0.466 e. The standard InChI is InChI=1S/C82H157NO10/c1-3-5-7-9-11-13-15-16-17-18-41-44-47-50-54-58-62-66-70-78(87)91-71-67-63-59-55-51-48-45-42-39-37-35-33-31-29-27-25-23-21-19-20-22-24-26-28-30-32-34-36-38-40-43-46-49-53-57-61-65-69-77(86)83-74(73-92-82-81(90)80(89)79(88)76(72-84)93-82)75(85)68-64-60-56-52-14-12-10-8-6-4-2/h17-18,64,68,74-76,79-82,84-85,88-90H,3-16,19-63,65-67,69-73H2,1-2H3,(H,83,86)/b18-17-,68-64+. The minimum atomic E-state index is -1.57. The van der Waals surface area contributed by atoms with Crippen molar-refractivity contribution in [3.63, 3.8) is 0 Å².